The van der Waals surface area contributed by atoms with Crippen LogP contribution in [0.1, 0.15) is 22.2 Å². The smallest absolute Gasteiger partial charge is 0.301 e. The molecular formula is C22H20N4O6S. The fourth-order valence-corrected chi connectivity index (χ4v) is 4.37. The molecule has 11 heteroatoms. The molecule has 2 aromatic heterocycles. The molecule has 1 aliphatic heterocycles. The summed E-state index contributed by atoms with van der Waals surface area (Å²) in [4.78, 5) is 31.5. The topological polar surface area (TPSA) is 124 Å². The number of carbonyl (C=O) groups excluding carboxylic acids is 2. The number of ketones is 1. The largest absolute Gasteiger partial charge is 0.507 e. The molecule has 3 aromatic rings. The molecule has 1 unspecified atom stereocenters. The van der Waals surface area contributed by atoms with Crippen LogP contribution in [0.2, 0.25) is 0 Å². The highest BCUT2D eigenvalue weighted by Crippen LogP contribution is 2.47. The molecule has 0 spiro atoms. The summed E-state index contributed by atoms with van der Waals surface area (Å²) in [5.41, 5.74) is 0.689. The number of methoxy groups -OCH3 is 3. The number of aliphatic hydroxyl groups is 1. The summed E-state index contributed by atoms with van der Waals surface area (Å²) in [5.74, 6) is -1.01. The summed E-state index contributed by atoms with van der Waals surface area (Å²) in [6.45, 7) is 1.74. The number of hydrogen-bond acceptors (Lipinski definition) is 10. The first-order chi connectivity index (χ1) is 15.9. The van der Waals surface area contributed by atoms with Crippen molar-refractivity contribution in [3.8, 4) is 17.2 Å². The van der Waals surface area contributed by atoms with Crippen molar-refractivity contribution in [3.63, 3.8) is 0 Å². The second kappa shape index (κ2) is 8.87. The number of nitrogens with zero attached hydrogens (tertiary/aromatic N) is 4. The van der Waals surface area contributed by atoms with Crippen LogP contribution in [0.5, 0.6) is 17.2 Å². The molecule has 0 saturated carbocycles. The Balaban J connectivity index is 2.01. The van der Waals surface area contributed by atoms with Gasteiger partial charge in [-0.25, -0.2) is 0 Å². The Kier molecular flexibility index (Phi) is 5.97. The van der Waals surface area contributed by atoms with Crippen LogP contribution in [-0.2, 0) is 9.59 Å². The van der Waals surface area contributed by atoms with E-state index in [9.17, 15) is 14.7 Å². The zero-order chi connectivity index (χ0) is 23.7. The summed E-state index contributed by atoms with van der Waals surface area (Å²) in [6.07, 6.45) is 2.96. The first-order valence-corrected chi connectivity index (χ1v) is 10.5. The van der Waals surface area contributed by atoms with Crippen LogP contribution in [0.3, 0.4) is 0 Å². The highest BCUT2D eigenvalue weighted by molar-refractivity contribution is 7.15. The first-order valence-electron chi connectivity index (χ1n) is 9.72. The van der Waals surface area contributed by atoms with Gasteiger partial charge >= 0.3 is 5.91 Å². The number of rotatable bonds is 6. The number of amides is 1. The average molecular weight is 468 g/mol. The van der Waals surface area contributed by atoms with Crippen molar-refractivity contribution in [3.05, 3.63) is 58.4 Å². The van der Waals surface area contributed by atoms with E-state index in [1.54, 1.807) is 31.2 Å². The molecule has 1 amide bonds. The Bertz CT molecular complexity index is 1230. The van der Waals surface area contributed by atoms with Crippen molar-refractivity contribution < 1.29 is 28.9 Å². The van der Waals surface area contributed by atoms with E-state index >= 15 is 0 Å². The molecule has 1 N–H and O–H groups in total. The van der Waals surface area contributed by atoms with Gasteiger partial charge in [-0.2, -0.15) is 0 Å². The van der Waals surface area contributed by atoms with Gasteiger partial charge in [-0.3, -0.25) is 19.5 Å². The summed E-state index contributed by atoms with van der Waals surface area (Å²) in [5, 5.41) is 20.0. The molecule has 33 heavy (non-hydrogen) atoms. The van der Waals surface area contributed by atoms with Gasteiger partial charge in [0.2, 0.25) is 10.9 Å². The maximum Gasteiger partial charge on any atom is 0.301 e. The summed E-state index contributed by atoms with van der Waals surface area (Å²) in [6, 6.07) is 5.32. The number of benzene rings is 1. The van der Waals surface area contributed by atoms with Gasteiger partial charge in [0.25, 0.3) is 5.78 Å². The predicted octanol–water partition coefficient (Wildman–Crippen LogP) is 2.89. The lowest BCUT2D eigenvalue weighted by Gasteiger charge is -2.24. The Hall–Kier alpha value is -3.99. The van der Waals surface area contributed by atoms with E-state index in [0.717, 1.165) is 11.3 Å². The molecule has 1 fully saturated rings. The molecule has 1 aliphatic rings. The summed E-state index contributed by atoms with van der Waals surface area (Å²) >= 11 is 1.16. The average Bonchev–Trinajstić information content (AvgIpc) is 3.38. The van der Waals surface area contributed by atoms with Gasteiger partial charge in [0.1, 0.15) is 10.8 Å². The van der Waals surface area contributed by atoms with Gasteiger partial charge in [-0.15, -0.1) is 10.2 Å². The summed E-state index contributed by atoms with van der Waals surface area (Å²) in [7, 11) is 4.39. The lowest BCUT2D eigenvalue weighted by atomic mass is 9.95. The van der Waals surface area contributed by atoms with Crippen molar-refractivity contribution in [1.29, 1.82) is 0 Å². The fraction of sp³-hybridized carbons (Fsp3) is 0.227. The van der Waals surface area contributed by atoms with Crippen LogP contribution in [0, 0.1) is 6.92 Å². The fourth-order valence-electron chi connectivity index (χ4n) is 3.65. The maximum atomic E-state index is 13.2. The van der Waals surface area contributed by atoms with E-state index in [-0.39, 0.29) is 16.5 Å². The molecule has 0 radical (unpaired) electrons. The third-order valence-corrected chi connectivity index (χ3v) is 5.96. The Labute approximate surface area is 193 Å². The van der Waals surface area contributed by atoms with Crippen LogP contribution >= 0.6 is 11.3 Å². The Morgan fingerprint density at radius 3 is 2.18 bits per heavy atom. The number of ether oxygens (including phenoxy) is 3. The zero-order valence-electron chi connectivity index (χ0n) is 18.2. The summed E-state index contributed by atoms with van der Waals surface area (Å²) < 4.78 is 16.3. The molecule has 4 rings (SSSR count). The number of aryl methyl sites for hydroxylation is 1. The van der Waals surface area contributed by atoms with Gasteiger partial charge in [-0.1, -0.05) is 11.3 Å². The molecule has 0 aliphatic carbocycles. The van der Waals surface area contributed by atoms with Crippen LogP contribution < -0.4 is 19.1 Å². The zero-order valence-corrected chi connectivity index (χ0v) is 19.0. The number of carbonyl (C=O) groups is 2. The monoisotopic (exact) mass is 468 g/mol. The third-order valence-electron chi connectivity index (χ3n) is 5.12. The van der Waals surface area contributed by atoms with E-state index in [1.165, 1.54) is 38.6 Å². The minimum absolute atomic E-state index is 0.103. The van der Waals surface area contributed by atoms with Gasteiger partial charge in [0, 0.05) is 18.0 Å². The van der Waals surface area contributed by atoms with E-state index < -0.39 is 17.7 Å². The van der Waals surface area contributed by atoms with Crippen LogP contribution in [0.15, 0.2) is 42.2 Å². The van der Waals surface area contributed by atoms with E-state index in [4.69, 9.17) is 14.2 Å². The second-order valence-electron chi connectivity index (χ2n) is 6.97. The second-order valence-corrected chi connectivity index (χ2v) is 8.13. The molecule has 1 aromatic carbocycles. The number of Topliss-reactive ketones (excluding diaryl/α,β-unsaturated/α-hetero) is 1. The number of hydrogen-bond donors (Lipinski definition) is 1. The van der Waals surface area contributed by atoms with Gasteiger partial charge in [-0.05, 0) is 36.8 Å². The van der Waals surface area contributed by atoms with E-state index in [1.807, 2.05) is 0 Å². The third kappa shape index (κ3) is 3.76. The standard InChI is InChI=1S/C22H20N4O6S/c1-11-24-25-22(33-11)26-17(13-9-14(30-2)20(32-4)15(10-13)31-3)16(19(28)21(26)29)18(27)12-5-7-23-8-6-12/h5-10,17,27H,1-4H3. The minimum Gasteiger partial charge on any atom is -0.507 e. The highest BCUT2D eigenvalue weighted by Gasteiger charge is 2.48. The SMILES string of the molecule is COc1cc(C2C(=C(O)c3ccncc3)C(=O)C(=O)N2c2nnc(C)s2)cc(OC)c1OC. The van der Waals surface area contributed by atoms with E-state index in [2.05, 4.69) is 15.2 Å². The van der Waals surface area contributed by atoms with Crippen LogP contribution in [-0.4, -0.2) is 53.3 Å². The van der Waals surface area contributed by atoms with Crippen molar-refractivity contribution in [2.24, 2.45) is 0 Å². The Morgan fingerprint density at radius 1 is 1.03 bits per heavy atom. The molecule has 1 atom stereocenters. The normalized spacial score (nSPS) is 17.3. The minimum atomic E-state index is -1.01. The molecule has 1 saturated heterocycles. The van der Waals surface area contributed by atoms with E-state index in [0.29, 0.717) is 33.4 Å². The molecule has 170 valence electrons. The Morgan fingerprint density at radius 2 is 1.67 bits per heavy atom. The van der Waals surface area contributed by atoms with Gasteiger partial charge in [0.15, 0.2) is 11.5 Å². The quantitative estimate of drug-likeness (QED) is 0.330. The van der Waals surface area contributed by atoms with Crippen molar-refractivity contribution in [1.82, 2.24) is 15.2 Å². The van der Waals surface area contributed by atoms with Gasteiger partial charge in [0.05, 0.1) is 32.9 Å². The first kappa shape index (κ1) is 22.2. The van der Waals surface area contributed by atoms with Crippen LogP contribution in [0.25, 0.3) is 5.76 Å². The van der Waals surface area contributed by atoms with Gasteiger partial charge < -0.3 is 19.3 Å². The lowest BCUT2D eigenvalue weighted by Crippen LogP contribution is -2.29. The predicted molar refractivity (Wildman–Crippen MR) is 120 cm³/mol. The number of aliphatic hydroxyl groups excluding tert-OH is 1. The highest BCUT2D eigenvalue weighted by atomic mass is 32.1. The number of pyridine rings is 1. The van der Waals surface area contributed by atoms with Crippen molar-refractivity contribution in [2.45, 2.75) is 13.0 Å². The number of aromatic nitrogens is 3. The van der Waals surface area contributed by atoms with Crippen molar-refractivity contribution in [2.75, 3.05) is 26.2 Å². The molecular weight excluding hydrogens is 448 g/mol. The van der Waals surface area contributed by atoms with Crippen LogP contribution in [0.4, 0.5) is 5.13 Å². The number of anilines is 1. The molecule has 3 heterocycles. The molecule has 10 nitrogen and oxygen atoms in total. The molecule has 0 bridgehead atoms. The lowest BCUT2D eigenvalue weighted by molar-refractivity contribution is -0.132. The van der Waals surface area contributed by atoms with Crippen molar-refractivity contribution >= 4 is 33.9 Å². The maximum absolute atomic E-state index is 13.2.